The molecule has 1 amide bonds. The zero-order valence-corrected chi connectivity index (χ0v) is 12.1. The Balaban J connectivity index is 2.13. The maximum Gasteiger partial charge on any atom is 0.296 e. The van der Waals surface area contributed by atoms with Crippen LogP contribution in [0, 0.1) is 21.4 Å². The molecule has 0 fully saturated rings. The Bertz CT molecular complexity index is 779. The summed E-state index contributed by atoms with van der Waals surface area (Å²) in [5.41, 5.74) is -0.232. The van der Waals surface area contributed by atoms with Gasteiger partial charge in [-0.1, -0.05) is 0 Å². The first kappa shape index (κ1) is 15.9. The van der Waals surface area contributed by atoms with Gasteiger partial charge in [-0.15, -0.1) is 5.10 Å². The predicted octanol–water partition coefficient (Wildman–Crippen LogP) is 1.10. The lowest BCUT2D eigenvalue weighted by Crippen LogP contribution is -2.19. The summed E-state index contributed by atoms with van der Waals surface area (Å²) < 4.78 is 6.36. The maximum atomic E-state index is 11.9. The summed E-state index contributed by atoms with van der Waals surface area (Å²) in [6.45, 7) is 1.91. The second-order valence-electron chi connectivity index (χ2n) is 4.29. The number of anilines is 1. The lowest BCUT2D eigenvalue weighted by atomic mass is 10.2. The molecule has 0 saturated carbocycles. The van der Waals surface area contributed by atoms with Crippen molar-refractivity contribution in [3.05, 3.63) is 40.5 Å². The molecule has 2 aromatic rings. The second-order valence-corrected chi connectivity index (χ2v) is 4.29. The van der Waals surface area contributed by atoms with Gasteiger partial charge in [0.15, 0.2) is 0 Å². The number of nitro benzene ring substituents is 1. The minimum absolute atomic E-state index is 0.0454. The van der Waals surface area contributed by atoms with Crippen LogP contribution in [0.15, 0.2) is 24.5 Å². The van der Waals surface area contributed by atoms with Crippen LogP contribution >= 0.6 is 0 Å². The van der Waals surface area contributed by atoms with E-state index < -0.39 is 10.8 Å². The number of nitrogens with one attached hydrogen (secondary N) is 1. The van der Waals surface area contributed by atoms with E-state index in [4.69, 9.17) is 10.00 Å². The van der Waals surface area contributed by atoms with Crippen molar-refractivity contribution in [3.63, 3.8) is 0 Å². The number of carbonyl (C=O) groups is 1. The van der Waals surface area contributed by atoms with Crippen molar-refractivity contribution in [1.29, 1.82) is 5.26 Å². The Kier molecular flexibility index (Phi) is 4.83. The Labute approximate surface area is 130 Å². The van der Waals surface area contributed by atoms with Crippen LogP contribution in [-0.2, 0) is 11.3 Å². The largest absolute Gasteiger partial charge is 0.494 e. The summed E-state index contributed by atoms with van der Waals surface area (Å²) in [6, 6.07) is 5.89. The van der Waals surface area contributed by atoms with Gasteiger partial charge in [0.05, 0.1) is 17.6 Å². The van der Waals surface area contributed by atoms with Gasteiger partial charge >= 0.3 is 0 Å². The molecular formula is C13H12N6O4. The number of aromatic nitrogens is 3. The minimum Gasteiger partial charge on any atom is -0.494 e. The summed E-state index contributed by atoms with van der Waals surface area (Å²) in [5, 5.41) is 25.9. The number of amides is 1. The summed E-state index contributed by atoms with van der Waals surface area (Å²) >= 11 is 0. The predicted molar refractivity (Wildman–Crippen MR) is 77.6 cm³/mol. The Hall–Kier alpha value is -3.48. The van der Waals surface area contributed by atoms with E-state index in [-0.39, 0.29) is 23.7 Å². The highest BCUT2D eigenvalue weighted by atomic mass is 16.6. The van der Waals surface area contributed by atoms with E-state index in [1.807, 2.05) is 0 Å². The third-order valence-electron chi connectivity index (χ3n) is 2.69. The SMILES string of the molecule is CCOc1ccc(NC(=O)Cn2cnc(C#N)n2)c([N+](=O)[O-])c1. The molecule has 118 valence electrons. The molecular weight excluding hydrogens is 304 g/mol. The first-order valence-corrected chi connectivity index (χ1v) is 6.54. The fourth-order valence-electron chi connectivity index (χ4n) is 1.78. The molecule has 0 unspecified atom stereocenters. The zero-order chi connectivity index (χ0) is 16.8. The highest BCUT2D eigenvalue weighted by Gasteiger charge is 2.17. The van der Waals surface area contributed by atoms with Gasteiger partial charge in [-0.2, -0.15) is 5.26 Å². The molecule has 1 N–H and O–H groups in total. The number of nitriles is 1. The van der Waals surface area contributed by atoms with Crippen molar-refractivity contribution in [1.82, 2.24) is 14.8 Å². The van der Waals surface area contributed by atoms with Gasteiger partial charge in [0.2, 0.25) is 5.91 Å². The number of nitrogens with zero attached hydrogens (tertiary/aromatic N) is 5. The number of ether oxygens (including phenoxy) is 1. The highest BCUT2D eigenvalue weighted by molar-refractivity contribution is 5.93. The van der Waals surface area contributed by atoms with Crippen LogP contribution in [0.3, 0.4) is 0 Å². The molecule has 0 aliphatic rings. The van der Waals surface area contributed by atoms with E-state index in [0.717, 1.165) is 4.68 Å². The number of benzene rings is 1. The lowest BCUT2D eigenvalue weighted by Gasteiger charge is -2.08. The molecule has 0 radical (unpaired) electrons. The maximum absolute atomic E-state index is 11.9. The van der Waals surface area contributed by atoms with Crippen LogP contribution in [-0.4, -0.2) is 32.2 Å². The first-order chi connectivity index (χ1) is 11.0. The van der Waals surface area contributed by atoms with Crippen LogP contribution in [0.2, 0.25) is 0 Å². The number of nitro groups is 1. The van der Waals surface area contributed by atoms with Crippen molar-refractivity contribution in [2.75, 3.05) is 11.9 Å². The van der Waals surface area contributed by atoms with Crippen LogP contribution in [0.4, 0.5) is 11.4 Å². The van der Waals surface area contributed by atoms with Gasteiger partial charge in [0.25, 0.3) is 11.5 Å². The van der Waals surface area contributed by atoms with Gasteiger partial charge in [-0.3, -0.25) is 14.9 Å². The lowest BCUT2D eigenvalue weighted by molar-refractivity contribution is -0.384. The smallest absolute Gasteiger partial charge is 0.296 e. The summed E-state index contributed by atoms with van der Waals surface area (Å²) in [4.78, 5) is 26.1. The molecule has 0 bridgehead atoms. The van der Waals surface area contributed by atoms with Gasteiger partial charge in [-0.05, 0) is 19.1 Å². The molecule has 1 aromatic heterocycles. The van der Waals surface area contributed by atoms with Gasteiger partial charge in [-0.25, -0.2) is 9.67 Å². The molecule has 1 heterocycles. The molecule has 10 heteroatoms. The van der Waals surface area contributed by atoms with Crippen LogP contribution in [0.25, 0.3) is 0 Å². The average molecular weight is 316 g/mol. The fraction of sp³-hybridized carbons (Fsp3) is 0.231. The molecule has 2 rings (SSSR count). The van der Waals surface area contributed by atoms with Crippen molar-refractivity contribution in [3.8, 4) is 11.8 Å². The quantitative estimate of drug-likeness (QED) is 0.622. The van der Waals surface area contributed by atoms with Crippen molar-refractivity contribution < 1.29 is 14.5 Å². The van der Waals surface area contributed by atoms with E-state index in [9.17, 15) is 14.9 Å². The third-order valence-corrected chi connectivity index (χ3v) is 2.69. The van der Waals surface area contributed by atoms with E-state index in [1.54, 1.807) is 13.0 Å². The molecule has 1 aromatic carbocycles. The normalized spacial score (nSPS) is 9.91. The molecule has 0 spiro atoms. The monoisotopic (exact) mass is 316 g/mol. The topological polar surface area (TPSA) is 136 Å². The van der Waals surface area contributed by atoms with E-state index in [0.29, 0.717) is 12.4 Å². The number of hydrogen-bond acceptors (Lipinski definition) is 7. The van der Waals surface area contributed by atoms with Gasteiger partial charge in [0, 0.05) is 0 Å². The Morgan fingerprint density at radius 1 is 1.57 bits per heavy atom. The van der Waals surface area contributed by atoms with Crippen molar-refractivity contribution in [2.45, 2.75) is 13.5 Å². The van der Waals surface area contributed by atoms with Gasteiger partial charge < -0.3 is 10.1 Å². The standard InChI is InChI=1S/C13H12N6O4/c1-2-23-9-3-4-10(11(5-9)19(21)22)16-13(20)7-18-8-15-12(6-14)17-18/h3-5,8H,2,7H2,1H3,(H,16,20). The molecule has 10 nitrogen and oxygen atoms in total. The van der Waals surface area contributed by atoms with Crippen LogP contribution in [0.5, 0.6) is 5.75 Å². The zero-order valence-electron chi connectivity index (χ0n) is 12.1. The number of hydrogen-bond donors (Lipinski definition) is 1. The second kappa shape index (κ2) is 6.99. The molecule has 23 heavy (non-hydrogen) atoms. The Morgan fingerprint density at radius 3 is 2.96 bits per heavy atom. The van der Waals surface area contributed by atoms with Crippen molar-refractivity contribution >= 4 is 17.3 Å². The molecule has 0 saturated heterocycles. The number of carbonyl (C=O) groups excluding carboxylic acids is 1. The Morgan fingerprint density at radius 2 is 2.35 bits per heavy atom. The summed E-state index contributed by atoms with van der Waals surface area (Å²) in [7, 11) is 0. The third kappa shape index (κ3) is 4.01. The number of rotatable bonds is 6. The van der Waals surface area contributed by atoms with Crippen LogP contribution in [0.1, 0.15) is 12.7 Å². The van der Waals surface area contributed by atoms with Gasteiger partial charge in [0.1, 0.15) is 30.4 Å². The summed E-state index contributed by atoms with van der Waals surface area (Å²) in [5.74, 6) is -0.261. The molecule has 0 aliphatic carbocycles. The highest BCUT2D eigenvalue weighted by Crippen LogP contribution is 2.29. The summed E-state index contributed by atoms with van der Waals surface area (Å²) in [6.07, 6.45) is 1.23. The molecule has 0 atom stereocenters. The van der Waals surface area contributed by atoms with Crippen molar-refractivity contribution in [2.24, 2.45) is 0 Å². The van der Waals surface area contributed by atoms with Crippen LogP contribution < -0.4 is 10.1 Å². The first-order valence-electron chi connectivity index (χ1n) is 6.54. The fourth-order valence-corrected chi connectivity index (χ4v) is 1.78. The van der Waals surface area contributed by atoms with E-state index >= 15 is 0 Å². The minimum atomic E-state index is -0.610. The molecule has 0 aliphatic heterocycles. The van der Waals surface area contributed by atoms with E-state index in [2.05, 4.69) is 15.4 Å². The average Bonchev–Trinajstić information content (AvgIpc) is 2.96. The van der Waals surface area contributed by atoms with E-state index in [1.165, 1.54) is 24.5 Å².